The molecule has 0 N–H and O–H groups in total. The molecule has 35 heavy (non-hydrogen) atoms. The molecule has 1 aliphatic heterocycles. The molecule has 4 aromatic rings. The van der Waals surface area contributed by atoms with Crippen molar-refractivity contribution in [1.29, 1.82) is 0 Å². The molecule has 1 fully saturated rings. The third-order valence-corrected chi connectivity index (χ3v) is 6.14. The van der Waals surface area contributed by atoms with Crippen molar-refractivity contribution >= 4 is 28.6 Å². The molecule has 1 saturated heterocycles. The molecule has 178 valence electrons. The first-order chi connectivity index (χ1) is 17.0. The van der Waals surface area contributed by atoms with E-state index in [2.05, 4.69) is 14.8 Å². The van der Waals surface area contributed by atoms with Crippen LogP contribution in [0.3, 0.4) is 0 Å². The van der Waals surface area contributed by atoms with Gasteiger partial charge in [0.1, 0.15) is 11.4 Å². The van der Waals surface area contributed by atoms with E-state index in [9.17, 15) is 4.79 Å². The lowest BCUT2D eigenvalue weighted by Gasteiger charge is -2.37. The Kier molecular flexibility index (Phi) is 6.27. The second-order valence-electron chi connectivity index (χ2n) is 8.62. The standard InChI is InChI=1S/C27H28N6O2/c1-4-35-27(34)21-17-28-24(20-9-7-8-18(2)16-20)31-26(21)33-14-12-32(13-15-33)25-19(3)29-22-10-5-6-11-23(22)30-25/h5-11,16-17H,4,12-15H2,1-3H3. The van der Waals surface area contributed by atoms with Crippen LogP contribution in [0.2, 0.25) is 0 Å². The molecule has 0 aliphatic carbocycles. The Morgan fingerprint density at radius 1 is 0.886 bits per heavy atom. The zero-order valence-corrected chi connectivity index (χ0v) is 20.2. The highest BCUT2D eigenvalue weighted by Crippen LogP contribution is 2.27. The molecule has 8 heteroatoms. The van der Waals surface area contributed by atoms with Crippen LogP contribution in [0.4, 0.5) is 11.6 Å². The maximum atomic E-state index is 12.7. The van der Waals surface area contributed by atoms with Crippen molar-refractivity contribution in [3.63, 3.8) is 0 Å². The van der Waals surface area contributed by atoms with Crippen molar-refractivity contribution in [2.45, 2.75) is 20.8 Å². The van der Waals surface area contributed by atoms with Crippen LogP contribution in [-0.2, 0) is 4.74 Å². The number of anilines is 2. The average molecular weight is 469 g/mol. The van der Waals surface area contributed by atoms with E-state index in [-0.39, 0.29) is 0 Å². The van der Waals surface area contributed by atoms with E-state index in [0.717, 1.165) is 46.8 Å². The van der Waals surface area contributed by atoms with Crippen molar-refractivity contribution in [3.8, 4) is 11.4 Å². The largest absolute Gasteiger partial charge is 0.462 e. The van der Waals surface area contributed by atoms with Gasteiger partial charge in [0.05, 0.1) is 23.3 Å². The summed E-state index contributed by atoms with van der Waals surface area (Å²) in [5, 5.41) is 0. The molecule has 0 unspecified atom stereocenters. The summed E-state index contributed by atoms with van der Waals surface area (Å²) in [5.41, 5.74) is 5.13. The highest BCUT2D eigenvalue weighted by molar-refractivity contribution is 5.95. The molecule has 5 rings (SSSR count). The van der Waals surface area contributed by atoms with Crippen LogP contribution in [0, 0.1) is 13.8 Å². The molecule has 2 aromatic carbocycles. The van der Waals surface area contributed by atoms with Gasteiger partial charge >= 0.3 is 5.97 Å². The van der Waals surface area contributed by atoms with E-state index in [1.165, 1.54) is 0 Å². The third kappa shape index (κ3) is 4.64. The highest BCUT2D eigenvalue weighted by Gasteiger charge is 2.26. The lowest BCUT2D eigenvalue weighted by molar-refractivity contribution is 0.0526. The summed E-state index contributed by atoms with van der Waals surface area (Å²) < 4.78 is 5.30. The van der Waals surface area contributed by atoms with Crippen LogP contribution in [0.25, 0.3) is 22.4 Å². The number of aryl methyl sites for hydroxylation is 2. The Morgan fingerprint density at radius 2 is 1.57 bits per heavy atom. The number of carbonyl (C=O) groups is 1. The Balaban J connectivity index is 1.43. The smallest absolute Gasteiger partial charge is 0.343 e. The summed E-state index contributed by atoms with van der Waals surface area (Å²) in [7, 11) is 0. The van der Waals surface area contributed by atoms with Crippen molar-refractivity contribution in [2.24, 2.45) is 0 Å². The average Bonchev–Trinajstić information content (AvgIpc) is 2.88. The molecule has 1 aliphatic rings. The number of benzene rings is 2. The minimum Gasteiger partial charge on any atom is -0.462 e. The molecule has 0 bridgehead atoms. The van der Waals surface area contributed by atoms with E-state index in [1.807, 2.05) is 62.4 Å². The van der Waals surface area contributed by atoms with Gasteiger partial charge in [0, 0.05) is 37.9 Å². The van der Waals surface area contributed by atoms with E-state index >= 15 is 0 Å². The fourth-order valence-electron chi connectivity index (χ4n) is 4.40. The second kappa shape index (κ2) is 9.66. The molecule has 0 saturated carbocycles. The Labute approximate surface area is 204 Å². The molecule has 0 spiro atoms. The Bertz CT molecular complexity index is 1380. The van der Waals surface area contributed by atoms with Crippen molar-refractivity contribution in [3.05, 3.63) is 71.5 Å². The number of carbonyl (C=O) groups excluding carboxylic acids is 1. The van der Waals surface area contributed by atoms with Gasteiger partial charge in [-0.3, -0.25) is 0 Å². The van der Waals surface area contributed by atoms with Crippen LogP contribution in [0.5, 0.6) is 0 Å². The molecular formula is C27H28N6O2. The van der Waals surface area contributed by atoms with Gasteiger partial charge in [0.15, 0.2) is 11.6 Å². The van der Waals surface area contributed by atoms with E-state index in [0.29, 0.717) is 36.9 Å². The van der Waals surface area contributed by atoms with E-state index < -0.39 is 5.97 Å². The van der Waals surface area contributed by atoms with Gasteiger partial charge in [-0.25, -0.2) is 24.7 Å². The van der Waals surface area contributed by atoms with Crippen LogP contribution < -0.4 is 9.80 Å². The lowest BCUT2D eigenvalue weighted by atomic mass is 10.1. The number of nitrogens with zero attached hydrogens (tertiary/aromatic N) is 6. The molecular weight excluding hydrogens is 440 g/mol. The van der Waals surface area contributed by atoms with Crippen molar-refractivity contribution in [2.75, 3.05) is 42.6 Å². The van der Waals surface area contributed by atoms with Crippen LogP contribution >= 0.6 is 0 Å². The molecule has 2 aromatic heterocycles. The summed E-state index contributed by atoms with van der Waals surface area (Å²) in [6.07, 6.45) is 1.59. The van der Waals surface area contributed by atoms with Crippen molar-refractivity contribution in [1.82, 2.24) is 19.9 Å². The Morgan fingerprint density at radius 3 is 2.26 bits per heavy atom. The van der Waals surface area contributed by atoms with Gasteiger partial charge in [-0.1, -0.05) is 35.9 Å². The van der Waals surface area contributed by atoms with Gasteiger partial charge in [-0.05, 0) is 39.0 Å². The Hall–Kier alpha value is -4.07. The lowest BCUT2D eigenvalue weighted by Crippen LogP contribution is -2.48. The topological polar surface area (TPSA) is 84.3 Å². The van der Waals surface area contributed by atoms with E-state index in [4.69, 9.17) is 19.7 Å². The van der Waals surface area contributed by atoms with Gasteiger partial charge in [-0.2, -0.15) is 0 Å². The molecule has 0 amide bonds. The number of hydrogen-bond acceptors (Lipinski definition) is 8. The van der Waals surface area contributed by atoms with Gasteiger partial charge in [0.25, 0.3) is 0 Å². The van der Waals surface area contributed by atoms with Gasteiger partial charge < -0.3 is 14.5 Å². The summed E-state index contributed by atoms with van der Waals surface area (Å²) in [6, 6.07) is 16.0. The SMILES string of the molecule is CCOC(=O)c1cnc(-c2cccc(C)c2)nc1N1CCN(c2nc3ccccc3nc2C)CC1. The van der Waals surface area contributed by atoms with Crippen LogP contribution in [-0.4, -0.2) is 58.7 Å². The zero-order chi connectivity index (χ0) is 24.4. The number of fused-ring (bicyclic) bond motifs is 1. The first-order valence-electron chi connectivity index (χ1n) is 11.9. The zero-order valence-electron chi connectivity index (χ0n) is 20.2. The normalized spacial score (nSPS) is 13.8. The predicted octanol–water partition coefficient (Wildman–Crippen LogP) is 4.21. The highest BCUT2D eigenvalue weighted by atomic mass is 16.5. The predicted molar refractivity (Wildman–Crippen MR) is 137 cm³/mol. The van der Waals surface area contributed by atoms with Crippen LogP contribution in [0.1, 0.15) is 28.5 Å². The fourth-order valence-corrected chi connectivity index (χ4v) is 4.40. The quantitative estimate of drug-likeness (QED) is 0.403. The van der Waals surface area contributed by atoms with Gasteiger partial charge in [-0.15, -0.1) is 0 Å². The molecule has 0 radical (unpaired) electrons. The summed E-state index contributed by atoms with van der Waals surface area (Å²) in [5.74, 6) is 1.69. The monoisotopic (exact) mass is 468 g/mol. The minimum atomic E-state index is -0.406. The number of hydrogen-bond donors (Lipinski definition) is 0. The summed E-state index contributed by atoms with van der Waals surface area (Å²) >= 11 is 0. The molecule has 8 nitrogen and oxygen atoms in total. The van der Waals surface area contributed by atoms with Crippen LogP contribution in [0.15, 0.2) is 54.7 Å². The van der Waals surface area contributed by atoms with E-state index in [1.54, 1.807) is 13.1 Å². The summed E-state index contributed by atoms with van der Waals surface area (Å²) in [4.78, 5) is 36.0. The maximum absolute atomic E-state index is 12.7. The number of piperazine rings is 1. The van der Waals surface area contributed by atoms with Gasteiger partial charge in [0.2, 0.25) is 0 Å². The first kappa shape index (κ1) is 22.7. The number of para-hydroxylation sites is 2. The fraction of sp³-hybridized carbons (Fsp3) is 0.296. The number of ether oxygens (including phenoxy) is 1. The number of aromatic nitrogens is 4. The van der Waals surface area contributed by atoms with Crippen molar-refractivity contribution < 1.29 is 9.53 Å². The first-order valence-corrected chi connectivity index (χ1v) is 11.9. The number of rotatable bonds is 5. The molecule has 0 atom stereocenters. The molecule has 3 heterocycles. The maximum Gasteiger partial charge on any atom is 0.343 e. The second-order valence-corrected chi connectivity index (χ2v) is 8.62. The number of esters is 1. The minimum absolute atomic E-state index is 0.297. The summed E-state index contributed by atoms with van der Waals surface area (Å²) in [6.45, 7) is 8.97. The third-order valence-electron chi connectivity index (χ3n) is 6.14.